The summed E-state index contributed by atoms with van der Waals surface area (Å²) in [4.78, 5) is 22.0. The topological polar surface area (TPSA) is 45.7 Å². The monoisotopic (exact) mass is 529 g/mol. The highest BCUT2D eigenvalue weighted by Crippen LogP contribution is 2.31. The van der Waals surface area contributed by atoms with E-state index in [0.29, 0.717) is 51.6 Å². The number of ether oxygens (including phenoxy) is 1. The van der Waals surface area contributed by atoms with Crippen molar-refractivity contribution in [2.45, 2.75) is 37.8 Å². The van der Waals surface area contributed by atoms with Gasteiger partial charge >= 0.3 is 0 Å². The first-order valence-electron chi connectivity index (χ1n) is 12.5. The third-order valence-corrected chi connectivity index (χ3v) is 8.45. The first kappa shape index (κ1) is 25.4. The van der Waals surface area contributed by atoms with Gasteiger partial charge in [0, 0.05) is 44.4 Å². The Hall–Kier alpha value is -2.25. The van der Waals surface area contributed by atoms with Gasteiger partial charge < -0.3 is 9.64 Å². The Bertz CT molecular complexity index is 1250. The van der Waals surface area contributed by atoms with Crippen molar-refractivity contribution >= 4 is 40.0 Å². The molecule has 2 atom stereocenters. The number of likely N-dealkylation sites (tertiary alicyclic amines) is 2. The van der Waals surface area contributed by atoms with E-state index in [9.17, 15) is 9.18 Å². The smallest absolute Gasteiger partial charge is 0.254 e. The fourth-order valence-corrected chi connectivity index (χ4v) is 6.02. The minimum Gasteiger partial charge on any atom is -0.380 e. The highest BCUT2D eigenvalue weighted by Gasteiger charge is 2.35. The number of piperidine rings is 2. The fraction of sp³-hybridized carbons (Fsp3) is 0.429. The Morgan fingerprint density at radius 3 is 2.61 bits per heavy atom. The number of nitrogens with zero attached hydrogens (tertiary/aromatic N) is 3. The van der Waals surface area contributed by atoms with Crippen LogP contribution < -0.4 is 0 Å². The summed E-state index contributed by atoms with van der Waals surface area (Å²) in [6.07, 6.45) is 5.55. The standard InChI is InChI=1S/C28H30Cl2FN3O2/c1-36-27-17-34(11-7-19(27)14-18-2-4-24(29)25(30)15-18)21-8-12-33(13-9-21)28(35)22-6-10-32-26-5-3-20(31)16-23(22)26/h2-6,10,15-16,19,21,27H,7-9,11-14,17H2,1H3/t19?,27-/m1/s1. The summed E-state index contributed by atoms with van der Waals surface area (Å²) < 4.78 is 19.8. The van der Waals surface area contributed by atoms with Crippen LogP contribution in [0.4, 0.5) is 4.39 Å². The van der Waals surface area contributed by atoms with Crippen molar-refractivity contribution in [3.05, 3.63) is 75.7 Å². The van der Waals surface area contributed by atoms with Gasteiger partial charge in [-0.1, -0.05) is 29.3 Å². The number of carbonyl (C=O) groups is 1. The van der Waals surface area contributed by atoms with Gasteiger partial charge in [0.2, 0.25) is 0 Å². The molecule has 1 unspecified atom stereocenters. The van der Waals surface area contributed by atoms with Crippen molar-refractivity contribution in [3.63, 3.8) is 0 Å². The van der Waals surface area contributed by atoms with Crippen LogP contribution >= 0.6 is 23.2 Å². The van der Waals surface area contributed by atoms with Crippen LogP contribution in [0.3, 0.4) is 0 Å². The Labute approximate surface area is 221 Å². The number of carbonyl (C=O) groups excluding carboxylic acids is 1. The van der Waals surface area contributed by atoms with E-state index in [1.165, 1.54) is 17.7 Å². The summed E-state index contributed by atoms with van der Waals surface area (Å²) in [6.45, 7) is 3.26. The molecular formula is C28H30Cl2FN3O2. The van der Waals surface area contributed by atoms with Gasteiger partial charge in [-0.05, 0) is 80.1 Å². The minimum atomic E-state index is -0.362. The van der Waals surface area contributed by atoms with Gasteiger partial charge in [-0.2, -0.15) is 0 Å². The number of hydrogen-bond acceptors (Lipinski definition) is 4. The molecule has 36 heavy (non-hydrogen) atoms. The maximum absolute atomic E-state index is 13.8. The molecule has 2 aromatic carbocycles. The number of pyridine rings is 1. The van der Waals surface area contributed by atoms with Crippen LogP contribution in [0.15, 0.2) is 48.7 Å². The zero-order chi connectivity index (χ0) is 25.2. The van der Waals surface area contributed by atoms with Crippen molar-refractivity contribution in [2.24, 2.45) is 5.92 Å². The maximum atomic E-state index is 13.8. The number of halogens is 3. The molecule has 1 amide bonds. The van der Waals surface area contributed by atoms with E-state index in [-0.39, 0.29) is 17.8 Å². The van der Waals surface area contributed by atoms with E-state index in [2.05, 4.69) is 9.88 Å². The molecule has 2 saturated heterocycles. The van der Waals surface area contributed by atoms with Crippen LogP contribution in [0.2, 0.25) is 10.0 Å². The molecule has 2 aliphatic rings. The zero-order valence-electron chi connectivity index (χ0n) is 20.3. The van der Waals surface area contributed by atoms with Crippen molar-refractivity contribution in [3.8, 4) is 0 Å². The van der Waals surface area contributed by atoms with Crippen molar-refractivity contribution in [2.75, 3.05) is 33.3 Å². The maximum Gasteiger partial charge on any atom is 0.254 e. The number of hydrogen-bond donors (Lipinski definition) is 0. The molecule has 5 rings (SSSR count). The summed E-state index contributed by atoms with van der Waals surface area (Å²) in [6, 6.07) is 12.4. The molecular weight excluding hydrogens is 500 g/mol. The summed E-state index contributed by atoms with van der Waals surface area (Å²) >= 11 is 12.3. The summed E-state index contributed by atoms with van der Waals surface area (Å²) in [5, 5.41) is 1.73. The van der Waals surface area contributed by atoms with Crippen molar-refractivity contribution < 1.29 is 13.9 Å². The average Bonchev–Trinajstić information content (AvgIpc) is 2.90. The molecule has 3 aromatic rings. The largest absolute Gasteiger partial charge is 0.380 e. The third-order valence-electron chi connectivity index (χ3n) is 7.71. The lowest BCUT2D eigenvalue weighted by atomic mass is 9.86. The van der Waals surface area contributed by atoms with Crippen LogP contribution in [0, 0.1) is 11.7 Å². The zero-order valence-corrected chi connectivity index (χ0v) is 21.8. The van der Waals surface area contributed by atoms with Gasteiger partial charge in [-0.3, -0.25) is 14.7 Å². The highest BCUT2D eigenvalue weighted by molar-refractivity contribution is 6.42. The van der Waals surface area contributed by atoms with Gasteiger partial charge in [0.1, 0.15) is 5.82 Å². The first-order valence-corrected chi connectivity index (χ1v) is 13.2. The number of amides is 1. The molecule has 5 nitrogen and oxygen atoms in total. The number of benzene rings is 2. The van der Waals surface area contributed by atoms with Gasteiger partial charge in [0.15, 0.2) is 0 Å². The minimum absolute atomic E-state index is 0.0541. The summed E-state index contributed by atoms with van der Waals surface area (Å²) in [5.41, 5.74) is 2.33. The molecule has 0 saturated carbocycles. The Kier molecular flexibility index (Phi) is 7.77. The summed E-state index contributed by atoms with van der Waals surface area (Å²) in [7, 11) is 1.79. The Morgan fingerprint density at radius 2 is 1.86 bits per heavy atom. The van der Waals surface area contributed by atoms with Gasteiger partial charge in [0.05, 0.1) is 27.2 Å². The second-order valence-electron chi connectivity index (χ2n) is 9.81. The molecule has 2 aliphatic heterocycles. The lowest BCUT2D eigenvalue weighted by Gasteiger charge is -2.44. The third kappa shape index (κ3) is 5.37. The molecule has 0 N–H and O–H groups in total. The van der Waals surface area contributed by atoms with E-state index in [1.807, 2.05) is 23.1 Å². The first-order chi connectivity index (χ1) is 17.4. The van der Waals surface area contributed by atoms with E-state index in [0.717, 1.165) is 38.8 Å². The predicted octanol–water partition coefficient (Wildman–Crippen LogP) is 5.86. The number of methoxy groups -OCH3 is 1. The quantitative estimate of drug-likeness (QED) is 0.414. The molecule has 0 radical (unpaired) electrons. The number of aromatic nitrogens is 1. The SMILES string of the molecule is CO[C@@H]1CN(C2CCN(C(=O)c3ccnc4ccc(F)cc34)CC2)CCC1Cc1ccc(Cl)c(Cl)c1. The molecule has 0 aliphatic carbocycles. The van der Waals surface area contributed by atoms with Gasteiger partial charge in [-0.15, -0.1) is 0 Å². The second kappa shape index (κ2) is 11.0. The second-order valence-corrected chi connectivity index (χ2v) is 10.6. The van der Waals surface area contributed by atoms with Gasteiger partial charge in [-0.25, -0.2) is 4.39 Å². The van der Waals surface area contributed by atoms with Crippen LogP contribution in [-0.4, -0.2) is 66.1 Å². The Balaban J connectivity index is 1.19. The number of fused-ring (bicyclic) bond motifs is 1. The highest BCUT2D eigenvalue weighted by atomic mass is 35.5. The molecule has 2 fully saturated rings. The van der Waals surface area contributed by atoms with E-state index in [1.54, 1.807) is 25.4 Å². The van der Waals surface area contributed by atoms with Crippen LogP contribution in [0.1, 0.15) is 35.2 Å². The van der Waals surface area contributed by atoms with Crippen molar-refractivity contribution in [1.82, 2.24) is 14.8 Å². The predicted molar refractivity (Wildman–Crippen MR) is 141 cm³/mol. The Morgan fingerprint density at radius 1 is 1.06 bits per heavy atom. The van der Waals surface area contributed by atoms with E-state index >= 15 is 0 Å². The normalized spacial score (nSPS) is 21.7. The molecule has 0 bridgehead atoms. The van der Waals surface area contributed by atoms with E-state index < -0.39 is 0 Å². The molecule has 3 heterocycles. The van der Waals surface area contributed by atoms with Gasteiger partial charge in [0.25, 0.3) is 5.91 Å². The number of rotatable bonds is 5. The van der Waals surface area contributed by atoms with Crippen LogP contribution in [0.5, 0.6) is 0 Å². The molecule has 1 aromatic heterocycles. The van der Waals surface area contributed by atoms with E-state index in [4.69, 9.17) is 27.9 Å². The lowest BCUT2D eigenvalue weighted by Crippen LogP contribution is -2.53. The lowest BCUT2D eigenvalue weighted by molar-refractivity contribution is -0.0325. The van der Waals surface area contributed by atoms with Crippen LogP contribution in [-0.2, 0) is 11.2 Å². The average molecular weight is 530 g/mol. The van der Waals surface area contributed by atoms with Crippen molar-refractivity contribution in [1.29, 1.82) is 0 Å². The molecule has 0 spiro atoms. The van der Waals surface area contributed by atoms with Crippen LogP contribution in [0.25, 0.3) is 10.9 Å². The summed E-state index contributed by atoms with van der Waals surface area (Å²) in [5.74, 6) is 0.00518. The fourth-order valence-electron chi connectivity index (χ4n) is 5.70. The molecule has 190 valence electrons. The molecule has 8 heteroatoms.